The maximum atomic E-state index is 11.2. The second kappa shape index (κ2) is 7.12. The number of carbonyl (C=O) groups is 2. The molecule has 0 aromatic heterocycles. The minimum Gasteiger partial charge on any atom is -0.481 e. The lowest BCUT2D eigenvalue weighted by Crippen LogP contribution is -2.30. The first-order valence-corrected chi connectivity index (χ1v) is 4.76. The number of rotatable bonds is 6. The van der Waals surface area contributed by atoms with E-state index in [0.29, 0.717) is 19.5 Å². The van der Waals surface area contributed by atoms with Crippen LogP contribution in [0.3, 0.4) is 0 Å². The number of likely N-dealkylation sites (N-methyl/N-ethyl adjacent to an activating group) is 1. The summed E-state index contributed by atoms with van der Waals surface area (Å²) in [6.45, 7) is 4.87. The molecule has 0 radical (unpaired) electrons. The lowest BCUT2D eigenvalue weighted by Gasteiger charge is -2.17. The van der Waals surface area contributed by atoms with Crippen molar-refractivity contribution >= 4 is 11.9 Å². The van der Waals surface area contributed by atoms with Crippen LogP contribution in [0, 0.1) is 0 Å². The molecule has 0 saturated heterocycles. The molecular formula is C10H17NO3. The Morgan fingerprint density at radius 1 is 1.29 bits per heavy atom. The largest absolute Gasteiger partial charge is 0.481 e. The number of carbonyl (C=O) groups excluding carboxylic acids is 1. The summed E-state index contributed by atoms with van der Waals surface area (Å²) in [5.41, 5.74) is 0. The van der Waals surface area contributed by atoms with Gasteiger partial charge in [-0.3, -0.25) is 9.59 Å². The van der Waals surface area contributed by atoms with Gasteiger partial charge in [0.25, 0.3) is 0 Å². The lowest BCUT2D eigenvalue weighted by atomic mass is 10.3. The molecular weight excluding hydrogens is 182 g/mol. The minimum atomic E-state index is -0.855. The fourth-order valence-corrected chi connectivity index (χ4v) is 1.02. The molecule has 4 nitrogen and oxygen atoms in total. The summed E-state index contributed by atoms with van der Waals surface area (Å²) in [5, 5.41) is 8.36. The maximum Gasteiger partial charge on any atom is 0.307 e. The van der Waals surface area contributed by atoms with E-state index in [1.165, 1.54) is 0 Å². The number of aliphatic carboxylic acids is 1. The first-order valence-electron chi connectivity index (χ1n) is 4.76. The van der Waals surface area contributed by atoms with Crippen LogP contribution in [-0.2, 0) is 9.59 Å². The van der Waals surface area contributed by atoms with Crippen molar-refractivity contribution in [2.24, 2.45) is 0 Å². The minimum absolute atomic E-state index is 0.0118. The van der Waals surface area contributed by atoms with Gasteiger partial charge in [-0.1, -0.05) is 19.1 Å². The van der Waals surface area contributed by atoms with Crippen LogP contribution >= 0.6 is 0 Å². The summed E-state index contributed by atoms with van der Waals surface area (Å²) in [7, 11) is 0. The van der Waals surface area contributed by atoms with Gasteiger partial charge in [0, 0.05) is 19.5 Å². The predicted molar refractivity (Wildman–Crippen MR) is 53.9 cm³/mol. The van der Waals surface area contributed by atoms with E-state index < -0.39 is 5.97 Å². The van der Waals surface area contributed by atoms with Crippen molar-refractivity contribution in [3.63, 3.8) is 0 Å². The summed E-state index contributed by atoms with van der Waals surface area (Å²) in [6, 6.07) is 0. The Morgan fingerprint density at radius 3 is 2.36 bits per heavy atom. The number of nitrogens with zero attached hydrogens (tertiary/aromatic N) is 1. The van der Waals surface area contributed by atoms with Gasteiger partial charge >= 0.3 is 5.97 Å². The van der Waals surface area contributed by atoms with Crippen molar-refractivity contribution in [1.29, 1.82) is 0 Å². The highest BCUT2D eigenvalue weighted by molar-refractivity contribution is 5.76. The average molecular weight is 199 g/mol. The Balaban J connectivity index is 3.89. The Bertz CT molecular complexity index is 223. The van der Waals surface area contributed by atoms with Gasteiger partial charge < -0.3 is 10.0 Å². The SMILES string of the molecule is CCC(=O)N(CC)C/C=C/CC(=O)O. The maximum absolute atomic E-state index is 11.2. The number of carboxylic acids is 1. The number of hydrogen-bond acceptors (Lipinski definition) is 2. The van der Waals surface area contributed by atoms with Gasteiger partial charge in [0.1, 0.15) is 0 Å². The molecule has 4 heteroatoms. The summed E-state index contributed by atoms with van der Waals surface area (Å²) in [5.74, 6) is -0.765. The molecule has 0 aromatic carbocycles. The monoisotopic (exact) mass is 199 g/mol. The van der Waals surface area contributed by atoms with Gasteiger partial charge in [0.15, 0.2) is 0 Å². The smallest absolute Gasteiger partial charge is 0.307 e. The van der Waals surface area contributed by atoms with Crippen LogP contribution in [-0.4, -0.2) is 35.0 Å². The van der Waals surface area contributed by atoms with Crippen molar-refractivity contribution in [3.05, 3.63) is 12.2 Å². The summed E-state index contributed by atoms with van der Waals surface area (Å²) >= 11 is 0. The third-order valence-electron chi connectivity index (χ3n) is 1.82. The fourth-order valence-electron chi connectivity index (χ4n) is 1.02. The van der Waals surface area contributed by atoms with Crippen LogP contribution in [0.2, 0.25) is 0 Å². The number of hydrogen-bond donors (Lipinski definition) is 1. The van der Waals surface area contributed by atoms with E-state index in [0.717, 1.165) is 0 Å². The molecule has 1 N–H and O–H groups in total. The molecule has 0 heterocycles. The van der Waals surface area contributed by atoms with Crippen LogP contribution in [0.1, 0.15) is 26.7 Å². The zero-order valence-electron chi connectivity index (χ0n) is 8.69. The van der Waals surface area contributed by atoms with Crippen molar-refractivity contribution < 1.29 is 14.7 Å². The second-order valence-electron chi connectivity index (χ2n) is 2.86. The first kappa shape index (κ1) is 12.7. The molecule has 0 bridgehead atoms. The Labute approximate surface area is 84.2 Å². The van der Waals surface area contributed by atoms with Crippen molar-refractivity contribution in [2.75, 3.05) is 13.1 Å². The van der Waals surface area contributed by atoms with E-state index in [1.54, 1.807) is 17.1 Å². The van der Waals surface area contributed by atoms with Gasteiger partial charge in [-0.2, -0.15) is 0 Å². The second-order valence-corrected chi connectivity index (χ2v) is 2.86. The predicted octanol–water partition coefficient (Wildman–Crippen LogP) is 1.28. The van der Waals surface area contributed by atoms with Gasteiger partial charge in [0.05, 0.1) is 6.42 Å². The first-order chi connectivity index (χ1) is 6.61. The van der Waals surface area contributed by atoms with Crippen molar-refractivity contribution in [3.8, 4) is 0 Å². The van der Waals surface area contributed by atoms with Crippen LogP contribution in [0.4, 0.5) is 0 Å². The molecule has 0 fully saturated rings. The van der Waals surface area contributed by atoms with Crippen LogP contribution < -0.4 is 0 Å². The molecule has 80 valence electrons. The van der Waals surface area contributed by atoms with Gasteiger partial charge in [-0.15, -0.1) is 0 Å². The normalized spacial score (nSPS) is 10.4. The summed E-state index contributed by atoms with van der Waals surface area (Å²) in [4.78, 5) is 23.1. The number of carboxylic acid groups (broad SMARTS) is 1. The molecule has 0 aliphatic heterocycles. The van der Waals surface area contributed by atoms with Crippen LogP contribution in [0.5, 0.6) is 0 Å². The lowest BCUT2D eigenvalue weighted by molar-refractivity contribution is -0.136. The summed E-state index contributed by atoms with van der Waals surface area (Å²) < 4.78 is 0. The quantitative estimate of drug-likeness (QED) is 0.655. The molecule has 14 heavy (non-hydrogen) atoms. The van der Waals surface area contributed by atoms with Crippen LogP contribution in [0.25, 0.3) is 0 Å². The highest BCUT2D eigenvalue weighted by Crippen LogP contribution is 1.94. The Morgan fingerprint density at radius 2 is 1.93 bits per heavy atom. The molecule has 0 spiro atoms. The van der Waals surface area contributed by atoms with E-state index in [4.69, 9.17) is 5.11 Å². The molecule has 0 aromatic rings. The fraction of sp³-hybridized carbons (Fsp3) is 0.600. The number of amides is 1. The van der Waals surface area contributed by atoms with E-state index >= 15 is 0 Å². The molecule has 0 rings (SSSR count). The Hall–Kier alpha value is -1.32. The molecule has 0 atom stereocenters. The third kappa shape index (κ3) is 5.35. The zero-order chi connectivity index (χ0) is 11.0. The topological polar surface area (TPSA) is 57.6 Å². The average Bonchev–Trinajstić information content (AvgIpc) is 2.16. The molecule has 0 aliphatic carbocycles. The van der Waals surface area contributed by atoms with Gasteiger partial charge in [-0.25, -0.2) is 0 Å². The van der Waals surface area contributed by atoms with Crippen molar-refractivity contribution in [2.45, 2.75) is 26.7 Å². The molecule has 0 saturated carbocycles. The van der Waals surface area contributed by atoms with E-state index in [1.807, 2.05) is 13.8 Å². The standard InChI is InChI=1S/C10H17NO3/c1-3-9(12)11(4-2)8-6-5-7-10(13)14/h5-6H,3-4,7-8H2,1-2H3,(H,13,14)/b6-5+. The van der Waals surface area contributed by atoms with Gasteiger partial charge in [-0.05, 0) is 6.92 Å². The third-order valence-corrected chi connectivity index (χ3v) is 1.82. The van der Waals surface area contributed by atoms with E-state index in [9.17, 15) is 9.59 Å². The van der Waals surface area contributed by atoms with Gasteiger partial charge in [0.2, 0.25) is 5.91 Å². The highest BCUT2D eigenvalue weighted by atomic mass is 16.4. The molecule has 0 aliphatic rings. The molecule has 1 amide bonds. The Kier molecular flexibility index (Phi) is 6.45. The van der Waals surface area contributed by atoms with Crippen LogP contribution in [0.15, 0.2) is 12.2 Å². The van der Waals surface area contributed by atoms with E-state index in [-0.39, 0.29) is 12.3 Å². The highest BCUT2D eigenvalue weighted by Gasteiger charge is 2.05. The zero-order valence-corrected chi connectivity index (χ0v) is 8.69. The molecule has 0 unspecified atom stereocenters. The van der Waals surface area contributed by atoms with Crippen molar-refractivity contribution in [1.82, 2.24) is 4.90 Å². The summed E-state index contributed by atoms with van der Waals surface area (Å²) in [6.07, 6.45) is 3.78. The van der Waals surface area contributed by atoms with E-state index in [2.05, 4.69) is 0 Å².